The second-order valence-corrected chi connectivity index (χ2v) is 11.4. The lowest BCUT2D eigenvalue weighted by Gasteiger charge is -2.46. The molecule has 39 heavy (non-hydrogen) atoms. The minimum absolute atomic E-state index is 0.00357. The summed E-state index contributed by atoms with van der Waals surface area (Å²) in [5.74, 6) is -1.23. The van der Waals surface area contributed by atoms with Crippen LogP contribution >= 0.6 is 11.6 Å². The zero-order valence-electron chi connectivity index (χ0n) is 21.6. The molecule has 7 nitrogen and oxygen atoms in total. The maximum absolute atomic E-state index is 14.3. The van der Waals surface area contributed by atoms with E-state index in [0.717, 1.165) is 28.8 Å². The van der Waals surface area contributed by atoms with Crippen molar-refractivity contribution in [3.63, 3.8) is 0 Å². The van der Waals surface area contributed by atoms with Gasteiger partial charge in [-0.15, -0.1) is 0 Å². The fourth-order valence-electron chi connectivity index (χ4n) is 4.65. The fraction of sp³-hybridized carbons (Fsp3) is 0.321. The van der Waals surface area contributed by atoms with Gasteiger partial charge in [-0.1, -0.05) is 23.7 Å². The standard InChI is InChI=1S/C28H28ClF2NO6S/c1-4-37-17-28(16-33)14-19-8-9-20(38-15-22-23(29)6-5-7-24(22)30)12-26(19)32(18(28)2)39(34,35)21-10-11-25(31)27(13-21)36-3/h5-13,16,18H,4,14-15,17H2,1-3H3. The molecule has 208 valence electrons. The van der Waals surface area contributed by atoms with E-state index in [2.05, 4.69) is 0 Å². The van der Waals surface area contributed by atoms with E-state index in [1.807, 2.05) is 0 Å². The zero-order chi connectivity index (χ0) is 28.4. The van der Waals surface area contributed by atoms with E-state index in [9.17, 15) is 22.0 Å². The Morgan fingerprint density at radius 1 is 1.13 bits per heavy atom. The minimum Gasteiger partial charge on any atom is -0.494 e. The monoisotopic (exact) mass is 579 g/mol. The molecule has 2 unspecified atom stereocenters. The first-order chi connectivity index (χ1) is 18.6. The molecule has 0 saturated heterocycles. The van der Waals surface area contributed by atoms with Crippen LogP contribution in [0.2, 0.25) is 5.02 Å². The largest absolute Gasteiger partial charge is 0.494 e. The van der Waals surface area contributed by atoms with Crippen LogP contribution in [0.1, 0.15) is 25.0 Å². The van der Waals surface area contributed by atoms with Gasteiger partial charge in [-0.25, -0.2) is 17.2 Å². The van der Waals surface area contributed by atoms with Crippen molar-refractivity contribution < 1.29 is 36.2 Å². The summed E-state index contributed by atoms with van der Waals surface area (Å²) in [6.45, 7) is 3.55. The molecule has 0 fully saturated rings. The maximum atomic E-state index is 14.3. The molecule has 0 saturated carbocycles. The molecule has 0 radical (unpaired) electrons. The third-order valence-corrected chi connectivity index (χ3v) is 9.17. The topological polar surface area (TPSA) is 82.1 Å². The van der Waals surface area contributed by atoms with Crippen molar-refractivity contribution >= 4 is 33.6 Å². The summed E-state index contributed by atoms with van der Waals surface area (Å²) in [5, 5.41) is 0.197. The lowest BCUT2D eigenvalue weighted by Crippen LogP contribution is -2.56. The van der Waals surface area contributed by atoms with Gasteiger partial charge >= 0.3 is 0 Å². The van der Waals surface area contributed by atoms with Crippen LogP contribution in [0.3, 0.4) is 0 Å². The van der Waals surface area contributed by atoms with Crippen molar-refractivity contribution in [3.05, 3.63) is 82.4 Å². The average molecular weight is 580 g/mol. The number of halogens is 3. The number of nitrogens with zero attached hydrogens (tertiary/aromatic N) is 1. The average Bonchev–Trinajstić information content (AvgIpc) is 2.91. The van der Waals surface area contributed by atoms with Crippen molar-refractivity contribution in [1.29, 1.82) is 0 Å². The predicted octanol–water partition coefficient (Wildman–Crippen LogP) is 5.57. The summed E-state index contributed by atoms with van der Waals surface area (Å²) in [6, 6.07) is 11.4. The molecule has 1 heterocycles. The summed E-state index contributed by atoms with van der Waals surface area (Å²) in [7, 11) is -3.11. The molecule has 0 N–H and O–H groups in total. The van der Waals surface area contributed by atoms with Crippen molar-refractivity contribution in [3.8, 4) is 11.5 Å². The molecule has 3 aromatic carbocycles. The smallest absolute Gasteiger partial charge is 0.264 e. The van der Waals surface area contributed by atoms with Gasteiger partial charge in [0.15, 0.2) is 11.6 Å². The minimum atomic E-state index is -4.34. The van der Waals surface area contributed by atoms with Crippen LogP contribution in [0, 0.1) is 17.0 Å². The van der Waals surface area contributed by atoms with Crippen LogP contribution in [0.15, 0.2) is 59.5 Å². The number of rotatable bonds is 10. The molecule has 4 rings (SSSR count). The van der Waals surface area contributed by atoms with Crippen LogP contribution in [0.5, 0.6) is 11.5 Å². The van der Waals surface area contributed by atoms with Gasteiger partial charge in [0.05, 0.1) is 40.8 Å². The Balaban J connectivity index is 1.82. The summed E-state index contributed by atoms with van der Waals surface area (Å²) in [5.41, 5.74) is -0.195. The molecule has 1 aliphatic rings. The van der Waals surface area contributed by atoms with Gasteiger partial charge in [0, 0.05) is 24.3 Å². The van der Waals surface area contributed by atoms with E-state index in [1.165, 1.54) is 25.3 Å². The van der Waals surface area contributed by atoms with Gasteiger partial charge in [-0.05, 0) is 56.2 Å². The Hall–Kier alpha value is -3.21. The summed E-state index contributed by atoms with van der Waals surface area (Å²) in [6.07, 6.45) is 0.944. The molecule has 1 aliphatic heterocycles. The highest BCUT2D eigenvalue weighted by Crippen LogP contribution is 2.45. The van der Waals surface area contributed by atoms with E-state index >= 15 is 0 Å². The van der Waals surface area contributed by atoms with Gasteiger partial charge in [0.1, 0.15) is 24.5 Å². The molecule has 2 atom stereocenters. The molecular formula is C28H28ClF2NO6S. The number of carbonyl (C=O) groups is 1. The first-order valence-corrected chi connectivity index (χ1v) is 14.0. The highest BCUT2D eigenvalue weighted by atomic mass is 35.5. The molecule has 0 aromatic heterocycles. The van der Waals surface area contributed by atoms with Crippen molar-refractivity contribution in [1.82, 2.24) is 0 Å². The quantitative estimate of drug-likeness (QED) is 0.292. The number of anilines is 1. The number of aldehydes is 1. The third-order valence-electron chi connectivity index (χ3n) is 6.93. The second-order valence-electron chi connectivity index (χ2n) is 9.22. The molecule has 0 aliphatic carbocycles. The van der Waals surface area contributed by atoms with Gasteiger partial charge < -0.3 is 19.0 Å². The van der Waals surface area contributed by atoms with Crippen molar-refractivity contribution in [2.45, 2.75) is 37.8 Å². The van der Waals surface area contributed by atoms with E-state index < -0.39 is 33.1 Å². The first kappa shape index (κ1) is 28.8. The van der Waals surface area contributed by atoms with E-state index in [0.29, 0.717) is 12.2 Å². The predicted molar refractivity (Wildman–Crippen MR) is 143 cm³/mol. The normalized spacial score (nSPS) is 18.9. The first-order valence-electron chi connectivity index (χ1n) is 12.2. The number of hydrogen-bond acceptors (Lipinski definition) is 6. The third kappa shape index (κ3) is 5.46. The SMILES string of the molecule is CCOCC1(C=O)Cc2ccc(OCc3c(F)cccc3Cl)cc2N(S(=O)(=O)c2ccc(F)c(OC)c2)C1C. The van der Waals surface area contributed by atoms with Crippen LogP contribution < -0.4 is 13.8 Å². The van der Waals surface area contributed by atoms with Crippen molar-refractivity contribution in [2.24, 2.45) is 5.41 Å². The number of methoxy groups -OCH3 is 1. The number of benzene rings is 3. The van der Waals surface area contributed by atoms with Crippen LogP contribution in [0.25, 0.3) is 0 Å². The number of fused-ring (bicyclic) bond motifs is 1. The molecule has 0 amide bonds. The molecule has 0 spiro atoms. The summed E-state index contributed by atoms with van der Waals surface area (Å²) < 4.78 is 74.1. The van der Waals surface area contributed by atoms with E-state index in [-0.39, 0.29) is 52.3 Å². The Kier molecular flexibility index (Phi) is 8.48. The van der Waals surface area contributed by atoms with Gasteiger partial charge in [-0.2, -0.15) is 0 Å². The van der Waals surface area contributed by atoms with Crippen LogP contribution in [0.4, 0.5) is 14.5 Å². The lowest BCUT2D eigenvalue weighted by atomic mass is 9.74. The number of hydrogen-bond donors (Lipinski definition) is 0. The van der Waals surface area contributed by atoms with E-state index in [4.69, 9.17) is 25.8 Å². The number of sulfonamides is 1. The summed E-state index contributed by atoms with van der Waals surface area (Å²) >= 11 is 6.12. The van der Waals surface area contributed by atoms with Crippen molar-refractivity contribution in [2.75, 3.05) is 24.6 Å². The van der Waals surface area contributed by atoms with Gasteiger partial charge in [0.25, 0.3) is 10.0 Å². The highest BCUT2D eigenvalue weighted by molar-refractivity contribution is 7.92. The highest BCUT2D eigenvalue weighted by Gasteiger charge is 2.49. The zero-order valence-corrected chi connectivity index (χ0v) is 23.2. The number of carbonyl (C=O) groups excluding carboxylic acids is 1. The van der Waals surface area contributed by atoms with E-state index in [1.54, 1.807) is 32.0 Å². The van der Waals surface area contributed by atoms with Crippen LogP contribution in [-0.2, 0) is 32.6 Å². The lowest BCUT2D eigenvalue weighted by molar-refractivity contribution is -0.121. The Morgan fingerprint density at radius 3 is 2.56 bits per heavy atom. The Labute approximate surface area is 231 Å². The van der Waals surface area contributed by atoms with Crippen LogP contribution in [-0.4, -0.2) is 41.1 Å². The number of ether oxygens (including phenoxy) is 3. The van der Waals surface area contributed by atoms with Gasteiger partial charge in [0.2, 0.25) is 0 Å². The molecular weight excluding hydrogens is 552 g/mol. The Bertz CT molecular complexity index is 1460. The second kappa shape index (κ2) is 11.5. The molecule has 0 bridgehead atoms. The summed E-state index contributed by atoms with van der Waals surface area (Å²) in [4.78, 5) is 12.3. The maximum Gasteiger partial charge on any atom is 0.264 e. The molecule has 3 aromatic rings. The fourth-order valence-corrected chi connectivity index (χ4v) is 6.64. The van der Waals surface area contributed by atoms with Gasteiger partial charge in [-0.3, -0.25) is 4.31 Å². The Morgan fingerprint density at radius 2 is 1.90 bits per heavy atom. The molecule has 11 heteroatoms.